The van der Waals surface area contributed by atoms with Crippen LogP contribution in [0.3, 0.4) is 0 Å². The Bertz CT molecular complexity index is 434. The van der Waals surface area contributed by atoms with Crippen LogP contribution in [-0.4, -0.2) is 53.5 Å². The summed E-state index contributed by atoms with van der Waals surface area (Å²) in [5, 5.41) is 21.2. The Hall–Kier alpha value is -0.950. The third-order valence-corrected chi connectivity index (χ3v) is 4.26. The summed E-state index contributed by atoms with van der Waals surface area (Å²) in [7, 11) is 0. The normalized spacial score (nSPS) is 21.1. The minimum Gasteiger partial charge on any atom is -0.480 e. The average molecular weight is 285 g/mol. The molecule has 1 aliphatic rings. The topological polar surface area (TPSA) is 70.0 Å². The number of hydrogen-bond acceptors (Lipinski definition) is 5. The van der Waals surface area contributed by atoms with Crippen molar-refractivity contribution >= 4 is 17.3 Å². The van der Waals surface area contributed by atoms with E-state index in [2.05, 4.69) is 0 Å². The highest BCUT2D eigenvalue weighted by atomic mass is 32.1. The summed E-state index contributed by atoms with van der Waals surface area (Å²) in [6.07, 6.45) is 0.194. The van der Waals surface area contributed by atoms with Crippen LogP contribution in [0, 0.1) is 0 Å². The Labute approximate surface area is 116 Å². The van der Waals surface area contributed by atoms with Crippen LogP contribution in [0.15, 0.2) is 11.4 Å². The van der Waals surface area contributed by atoms with E-state index in [-0.39, 0.29) is 6.61 Å². The molecular formula is C13H19NO4S. The zero-order valence-corrected chi connectivity index (χ0v) is 11.7. The standard InChI is InChI=1S/C13H19NO4S/c1-2-18-8-9(15)7-14-5-3-11-10(4-6-19-11)12(14)13(16)17/h4,6,9,12,15H,2-3,5,7-8H2,1H3,(H,16,17). The molecule has 0 radical (unpaired) electrons. The Morgan fingerprint density at radius 2 is 2.47 bits per heavy atom. The maximum Gasteiger partial charge on any atom is 0.325 e. The lowest BCUT2D eigenvalue weighted by atomic mass is 9.99. The minimum absolute atomic E-state index is 0.246. The van der Waals surface area contributed by atoms with Crippen molar-refractivity contribution in [2.45, 2.75) is 25.5 Å². The SMILES string of the molecule is CCOCC(O)CN1CCc2sccc2C1C(=O)O. The number of hydrogen-bond donors (Lipinski definition) is 2. The molecule has 1 aliphatic heterocycles. The van der Waals surface area contributed by atoms with Crippen molar-refractivity contribution in [3.05, 3.63) is 21.9 Å². The average Bonchev–Trinajstić information content (AvgIpc) is 2.83. The summed E-state index contributed by atoms with van der Waals surface area (Å²) >= 11 is 1.60. The molecule has 2 N–H and O–H groups in total. The molecule has 0 saturated carbocycles. The number of thiophene rings is 1. The largest absolute Gasteiger partial charge is 0.480 e. The van der Waals surface area contributed by atoms with Crippen LogP contribution in [0.1, 0.15) is 23.4 Å². The zero-order chi connectivity index (χ0) is 13.8. The molecule has 0 amide bonds. The molecular weight excluding hydrogens is 266 g/mol. The summed E-state index contributed by atoms with van der Waals surface area (Å²) in [5.74, 6) is -0.858. The van der Waals surface area contributed by atoms with E-state index in [0.717, 1.165) is 16.9 Å². The molecule has 19 heavy (non-hydrogen) atoms. The van der Waals surface area contributed by atoms with E-state index in [0.29, 0.717) is 19.7 Å². The summed E-state index contributed by atoms with van der Waals surface area (Å²) < 4.78 is 5.16. The number of aliphatic carboxylic acids is 1. The lowest BCUT2D eigenvalue weighted by Gasteiger charge is -2.34. The van der Waals surface area contributed by atoms with E-state index in [9.17, 15) is 15.0 Å². The first-order valence-corrected chi connectivity index (χ1v) is 7.30. The maximum atomic E-state index is 11.5. The first kappa shape index (κ1) is 14.5. The minimum atomic E-state index is -0.858. The highest BCUT2D eigenvalue weighted by molar-refractivity contribution is 7.10. The number of fused-ring (bicyclic) bond motifs is 1. The highest BCUT2D eigenvalue weighted by Gasteiger charge is 2.34. The van der Waals surface area contributed by atoms with Crippen LogP contribution >= 0.6 is 11.3 Å². The highest BCUT2D eigenvalue weighted by Crippen LogP contribution is 2.33. The van der Waals surface area contributed by atoms with Crippen molar-refractivity contribution in [2.75, 3.05) is 26.3 Å². The van der Waals surface area contributed by atoms with Crippen molar-refractivity contribution in [3.63, 3.8) is 0 Å². The van der Waals surface area contributed by atoms with Crippen molar-refractivity contribution < 1.29 is 19.7 Å². The van der Waals surface area contributed by atoms with Gasteiger partial charge in [-0.15, -0.1) is 11.3 Å². The molecule has 0 saturated heterocycles. The number of ether oxygens (including phenoxy) is 1. The second-order valence-electron chi connectivity index (χ2n) is 4.60. The van der Waals surface area contributed by atoms with E-state index in [1.165, 1.54) is 0 Å². The summed E-state index contributed by atoms with van der Waals surface area (Å²) in [6, 6.07) is 1.23. The van der Waals surface area contributed by atoms with Gasteiger partial charge in [0.25, 0.3) is 0 Å². The summed E-state index contributed by atoms with van der Waals surface area (Å²) in [5.41, 5.74) is 0.868. The molecule has 0 aromatic carbocycles. The second-order valence-corrected chi connectivity index (χ2v) is 5.60. The molecule has 2 atom stereocenters. The van der Waals surface area contributed by atoms with Gasteiger partial charge >= 0.3 is 5.97 Å². The molecule has 0 aliphatic carbocycles. The van der Waals surface area contributed by atoms with Crippen molar-refractivity contribution in [3.8, 4) is 0 Å². The monoisotopic (exact) mass is 285 g/mol. The van der Waals surface area contributed by atoms with Crippen LogP contribution in [0.2, 0.25) is 0 Å². The van der Waals surface area contributed by atoms with Crippen molar-refractivity contribution in [2.24, 2.45) is 0 Å². The Balaban J connectivity index is 2.06. The van der Waals surface area contributed by atoms with Gasteiger partial charge in [-0.1, -0.05) is 0 Å². The molecule has 0 fully saturated rings. The number of nitrogens with zero attached hydrogens (tertiary/aromatic N) is 1. The molecule has 2 heterocycles. The van der Waals surface area contributed by atoms with Crippen LogP contribution in [0.25, 0.3) is 0 Å². The first-order valence-electron chi connectivity index (χ1n) is 6.42. The number of carbonyl (C=O) groups is 1. The molecule has 2 unspecified atom stereocenters. The van der Waals surface area contributed by atoms with Crippen molar-refractivity contribution in [1.82, 2.24) is 4.90 Å². The van der Waals surface area contributed by atoms with E-state index in [1.807, 2.05) is 23.3 Å². The Morgan fingerprint density at radius 3 is 3.16 bits per heavy atom. The first-order chi connectivity index (χ1) is 9.13. The van der Waals surface area contributed by atoms with E-state index in [1.54, 1.807) is 11.3 Å². The summed E-state index contributed by atoms with van der Waals surface area (Å²) in [6.45, 7) is 3.65. The van der Waals surface area contributed by atoms with Crippen LogP contribution in [-0.2, 0) is 16.0 Å². The maximum absolute atomic E-state index is 11.5. The second kappa shape index (κ2) is 6.47. The molecule has 0 bridgehead atoms. The molecule has 2 rings (SSSR count). The lowest BCUT2D eigenvalue weighted by molar-refractivity contribution is -0.144. The third-order valence-electron chi connectivity index (χ3n) is 3.26. The van der Waals surface area contributed by atoms with Crippen molar-refractivity contribution in [1.29, 1.82) is 0 Å². The van der Waals surface area contributed by atoms with Gasteiger partial charge in [0, 0.05) is 24.6 Å². The smallest absolute Gasteiger partial charge is 0.325 e. The molecule has 0 spiro atoms. The number of rotatable bonds is 6. The van der Waals surface area contributed by atoms with Gasteiger partial charge in [-0.2, -0.15) is 0 Å². The molecule has 1 aromatic rings. The molecule has 106 valence electrons. The molecule has 1 aromatic heterocycles. The predicted molar refractivity (Wildman–Crippen MR) is 72.5 cm³/mol. The van der Waals surface area contributed by atoms with Gasteiger partial charge < -0.3 is 14.9 Å². The fraction of sp³-hybridized carbons (Fsp3) is 0.615. The summed E-state index contributed by atoms with van der Waals surface area (Å²) in [4.78, 5) is 14.4. The quantitative estimate of drug-likeness (QED) is 0.820. The van der Waals surface area contributed by atoms with Gasteiger partial charge in [0.05, 0.1) is 12.7 Å². The number of carboxylic acid groups (broad SMARTS) is 1. The van der Waals surface area contributed by atoms with Crippen LogP contribution in [0.4, 0.5) is 0 Å². The van der Waals surface area contributed by atoms with E-state index in [4.69, 9.17) is 4.74 Å². The van der Waals surface area contributed by atoms with Gasteiger partial charge in [0.1, 0.15) is 6.04 Å². The zero-order valence-electron chi connectivity index (χ0n) is 10.9. The number of β-amino-alcohol motifs (C(OH)–C–C–N with tert-alkyl or cyclic N) is 1. The number of aliphatic hydroxyl groups excluding tert-OH is 1. The fourth-order valence-corrected chi connectivity index (χ4v) is 3.34. The van der Waals surface area contributed by atoms with Gasteiger partial charge in [-0.05, 0) is 30.4 Å². The van der Waals surface area contributed by atoms with E-state index < -0.39 is 18.1 Å². The fourth-order valence-electron chi connectivity index (χ4n) is 2.43. The van der Waals surface area contributed by atoms with Crippen LogP contribution < -0.4 is 0 Å². The van der Waals surface area contributed by atoms with Gasteiger partial charge in [0.15, 0.2) is 0 Å². The third kappa shape index (κ3) is 3.33. The molecule has 5 nitrogen and oxygen atoms in total. The molecule has 6 heteroatoms. The Morgan fingerprint density at radius 1 is 1.68 bits per heavy atom. The predicted octanol–water partition coefficient (Wildman–Crippen LogP) is 1.13. The lowest BCUT2D eigenvalue weighted by Crippen LogP contribution is -2.44. The van der Waals surface area contributed by atoms with Gasteiger partial charge in [-0.25, -0.2) is 0 Å². The number of carboxylic acids is 1. The Kier molecular flexibility index (Phi) is 4.93. The van der Waals surface area contributed by atoms with Crippen LogP contribution in [0.5, 0.6) is 0 Å². The number of aliphatic hydroxyl groups is 1. The van der Waals surface area contributed by atoms with Gasteiger partial charge in [-0.3, -0.25) is 9.69 Å². The van der Waals surface area contributed by atoms with Gasteiger partial charge in [0.2, 0.25) is 0 Å². The van der Waals surface area contributed by atoms with E-state index >= 15 is 0 Å².